The molecular weight excluding hydrogens is 252 g/mol. The van der Waals surface area contributed by atoms with Crippen molar-refractivity contribution in [2.75, 3.05) is 13.1 Å². The lowest BCUT2D eigenvalue weighted by Gasteiger charge is -2.17. The third-order valence-corrected chi connectivity index (χ3v) is 4.31. The van der Waals surface area contributed by atoms with E-state index in [-0.39, 0.29) is 0 Å². The molecule has 0 saturated carbocycles. The summed E-state index contributed by atoms with van der Waals surface area (Å²) in [6, 6.07) is 10.8. The molecule has 0 spiro atoms. The van der Waals surface area contributed by atoms with Crippen LogP contribution in [0, 0.1) is 6.92 Å². The minimum Gasteiger partial charge on any atom is -0.316 e. The van der Waals surface area contributed by atoms with E-state index in [1.807, 2.05) is 0 Å². The highest BCUT2D eigenvalue weighted by Crippen LogP contribution is 2.22. The summed E-state index contributed by atoms with van der Waals surface area (Å²) in [5, 5.41) is 6.87. The molecule has 2 aromatic rings. The number of likely N-dealkylation sites (N-methyl/N-ethyl adjacent to an activating group) is 1. The molecule has 0 aliphatic rings. The molecule has 3 heteroatoms. The smallest absolute Gasteiger partial charge is 0.0928 e. The lowest BCUT2D eigenvalue weighted by atomic mass is 9.94. The van der Waals surface area contributed by atoms with Gasteiger partial charge in [-0.05, 0) is 37.8 Å². The van der Waals surface area contributed by atoms with Crippen LogP contribution >= 0.6 is 11.3 Å². The molecule has 0 fully saturated rings. The zero-order valence-corrected chi connectivity index (χ0v) is 12.5. The van der Waals surface area contributed by atoms with Gasteiger partial charge < -0.3 is 5.32 Å². The van der Waals surface area contributed by atoms with Crippen molar-refractivity contribution in [1.82, 2.24) is 10.3 Å². The maximum absolute atomic E-state index is 4.55. The highest BCUT2D eigenvalue weighted by Gasteiger charge is 2.11. The number of thiazole rings is 1. The van der Waals surface area contributed by atoms with Crippen LogP contribution in [-0.2, 0) is 6.42 Å². The van der Waals surface area contributed by atoms with Crippen molar-refractivity contribution in [3.05, 3.63) is 52.0 Å². The van der Waals surface area contributed by atoms with Crippen LogP contribution in [0.2, 0.25) is 0 Å². The number of rotatable bonds is 7. The van der Waals surface area contributed by atoms with Gasteiger partial charge in [-0.15, -0.1) is 11.3 Å². The zero-order chi connectivity index (χ0) is 13.5. The number of nitrogens with one attached hydrogen (secondary N) is 1. The molecule has 0 aliphatic carbocycles. The molecule has 1 unspecified atom stereocenters. The van der Waals surface area contributed by atoms with Crippen LogP contribution < -0.4 is 5.32 Å². The molecule has 0 amide bonds. The van der Waals surface area contributed by atoms with Gasteiger partial charge in [0.05, 0.1) is 5.01 Å². The molecule has 2 rings (SSSR count). The van der Waals surface area contributed by atoms with Crippen molar-refractivity contribution >= 4 is 11.3 Å². The van der Waals surface area contributed by atoms with Gasteiger partial charge in [0.15, 0.2) is 0 Å². The number of aryl methyl sites for hydroxylation is 2. The monoisotopic (exact) mass is 274 g/mol. The number of hydrogen-bond acceptors (Lipinski definition) is 3. The van der Waals surface area contributed by atoms with Crippen LogP contribution in [0.4, 0.5) is 0 Å². The fraction of sp³-hybridized carbons (Fsp3) is 0.438. The molecule has 1 aromatic heterocycles. The summed E-state index contributed by atoms with van der Waals surface area (Å²) in [6.45, 7) is 6.30. The number of aromatic nitrogens is 1. The van der Waals surface area contributed by atoms with Gasteiger partial charge in [0.2, 0.25) is 0 Å². The number of hydrogen-bond donors (Lipinski definition) is 1. The fourth-order valence-corrected chi connectivity index (χ4v) is 3.04. The Morgan fingerprint density at radius 2 is 2.05 bits per heavy atom. The van der Waals surface area contributed by atoms with Gasteiger partial charge in [-0.2, -0.15) is 0 Å². The largest absolute Gasteiger partial charge is 0.316 e. The molecule has 1 heterocycles. The maximum atomic E-state index is 4.55. The Bertz CT molecular complexity index is 479. The van der Waals surface area contributed by atoms with E-state index in [4.69, 9.17) is 0 Å². The summed E-state index contributed by atoms with van der Waals surface area (Å²) in [7, 11) is 0. The van der Waals surface area contributed by atoms with Gasteiger partial charge in [-0.1, -0.05) is 37.3 Å². The van der Waals surface area contributed by atoms with Crippen LogP contribution in [0.1, 0.15) is 35.5 Å². The fourth-order valence-electron chi connectivity index (χ4n) is 2.25. The van der Waals surface area contributed by atoms with Crippen LogP contribution in [0.15, 0.2) is 35.7 Å². The highest BCUT2D eigenvalue weighted by atomic mass is 32.1. The first-order valence-corrected chi connectivity index (χ1v) is 7.84. The standard InChI is InChI=1S/C16H22N2S/c1-3-17-11-15(14-7-5-4-6-8-14)9-10-16-18-13(2)12-19-16/h4-8,12,15,17H,3,9-11H2,1-2H3. The van der Waals surface area contributed by atoms with Crippen molar-refractivity contribution in [3.63, 3.8) is 0 Å². The number of benzene rings is 1. The molecule has 2 nitrogen and oxygen atoms in total. The average Bonchev–Trinajstić information content (AvgIpc) is 2.86. The molecule has 1 N–H and O–H groups in total. The maximum Gasteiger partial charge on any atom is 0.0928 e. The lowest BCUT2D eigenvalue weighted by Crippen LogP contribution is -2.21. The first-order chi connectivity index (χ1) is 9.29. The second-order valence-electron chi connectivity index (χ2n) is 4.84. The van der Waals surface area contributed by atoms with Gasteiger partial charge in [-0.3, -0.25) is 0 Å². The van der Waals surface area contributed by atoms with Crippen LogP contribution in [-0.4, -0.2) is 18.1 Å². The van der Waals surface area contributed by atoms with Crippen LogP contribution in [0.25, 0.3) is 0 Å². The molecule has 1 aromatic carbocycles. The second kappa shape index (κ2) is 7.41. The Hall–Kier alpha value is -1.19. The van der Waals surface area contributed by atoms with Crippen molar-refractivity contribution in [3.8, 4) is 0 Å². The van der Waals surface area contributed by atoms with E-state index in [1.54, 1.807) is 11.3 Å². The van der Waals surface area contributed by atoms with E-state index in [2.05, 4.69) is 59.9 Å². The van der Waals surface area contributed by atoms with Crippen molar-refractivity contribution < 1.29 is 0 Å². The summed E-state index contributed by atoms with van der Waals surface area (Å²) in [6.07, 6.45) is 2.23. The third kappa shape index (κ3) is 4.44. The molecule has 0 radical (unpaired) electrons. The van der Waals surface area contributed by atoms with Crippen molar-refractivity contribution in [2.24, 2.45) is 0 Å². The summed E-state index contributed by atoms with van der Waals surface area (Å²) in [5.74, 6) is 0.574. The Morgan fingerprint density at radius 3 is 2.68 bits per heavy atom. The SMILES string of the molecule is CCNCC(CCc1nc(C)cs1)c1ccccc1. The van der Waals surface area contributed by atoms with E-state index in [0.29, 0.717) is 5.92 Å². The molecule has 19 heavy (non-hydrogen) atoms. The van der Waals surface area contributed by atoms with E-state index in [9.17, 15) is 0 Å². The Kier molecular flexibility index (Phi) is 5.55. The minimum atomic E-state index is 0.574. The minimum absolute atomic E-state index is 0.574. The van der Waals surface area contributed by atoms with Crippen LogP contribution in [0.3, 0.4) is 0 Å². The van der Waals surface area contributed by atoms with E-state index in [0.717, 1.165) is 31.6 Å². The summed E-state index contributed by atoms with van der Waals surface area (Å²) < 4.78 is 0. The Labute approximate surface area is 119 Å². The predicted molar refractivity (Wildman–Crippen MR) is 82.9 cm³/mol. The normalized spacial score (nSPS) is 12.5. The lowest BCUT2D eigenvalue weighted by molar-refractivity contribution is 0.561. The third-order valence-electron chi connectivity index (χ3n) is 3.28. The van der Waals surface area contributed by atoms with Crippen molar-refractivity contribution in [1.29, 1.82) is 0 Å². The molecular formula is C16H22N2S. The summed E-state index contributed by atoms with van der Waals surface area (Å²) in [5.41, 5.74) is 2.57. The highest BCUT2D eigenvalue weighted by molar-refractivity contribution is 7.09. The molecule has 0 aliphatic heterocycles. The summed E-state index contributed by atoms with van der Waals surface area (Å²) in [4.78, 5) is 4.55. The van der Waals surface area contributed by atoms with Gasteiger partial charge in [0.25, 0.3) is 0 Å². The first-order valence-electron chi connectivity index (χ1n) is 6.96. The quantitative estimate of drug-likeness (QED) is 0.831. The van der Waals surface area contributed by atoms with E-state index >= 15 is 0 Å². The first kappa shape index (κ1) is 14.2. The predicted octanol–water partition coefficient (Wildman–Crippen LogP) is 3.78. The van der Waals surface area contributed by atoms with Gasteiger partial charge in [0, 0.05) is 17.6 Å². The van der Waals surface area contributed by atoms with E-state index in [1.165, 1.54) is 10.6 Å². The molecule has 0 saturated heterocycles. The van der Waals surface area contributed by atoms with E-state index < -0.39 is 0 Å². The molecule has 102 valence electrons. The van der Waals surface area contributed by atoms with Gasteiger partial charge in [-0.25, -0.2) is 4.98 Å². The average molecular weight is 274 g/mol. The Morgan fingerprint density at radius 1 is 1.26 bits per heavy atom. The zero-order valence-electron chi connectivity index (χ0n) is 11.7. The van der Waals surface area contributed by atoms with Gasteiger partial charge in [0.1, 0.15) is 0 Å². The molecule has 0 bridgehead atoms. The van der Waals surface area contributed by atoms with Gasteiger partial charge >= 0.3 is 0 Å². The Balaban J connectivity index is 1.97. The number of nitrogens with zero attached hydrogens (tertiary/aromatic N) is 1. The summed E-state index contributed by atoms with van der Waals surface area (Å²) >= 11 is 1.78. The topological polar surface area (TPSA) is 24.9 Å². The second-order valence-corrected chi connectivity index (χ2v) is 5.78. The van der Waals surface area contributed by atoms with Crippen LogP contribution in [0.5, 0.6) is 0 Å². The van der Waals surface area contributed by atoms with Crippen molar-refractivity contribution in [2.45, 2.75) is 32.6 Å². The molecule has 1 atom stereocenters.